The number of carboxylic acids is 1. The minimum Gasteiger partial charge on any atom is -0.481 e. The van der Waals surface area contributed by atoms with E-state index in [4.69, 9.17) is 5.11 Å². The number of carboxylic acid groups (broad SMARTS) is 1. The third-order valence-electron chi connectivity index (χ3n) is 3.93. The molecular formula is C15H15F3N4O2S. The molecule has 1 aliphatic rings. The number of aliphatic carboxylic acids is 1. The fourth-order valence-electron chi connectivity index (χ4n) is 2.69. The molecule has 2 N–H and O–H groups in total. The van der Waals surface area contributed by atoms with Crippen LogP contribution in [0.1, 0.15) is 17.8 Å². The number of piperidine rings is 1. The maximum Gasteiger partial charge on any atom is 0.307 e. The Morgan fingerprint density at radius 2 is 2.04 bits per heavy atom. The molecule has 1 saturated heterocycles. The number of carbonyl (C=O) groups is 1. The Morgan fingerprint density at radius 1 is 1.28 bits per heavy atom. The second-order valence-corrected chi connectivity index (χ2v) is 6.85. The third kappa shape index (κ3) is 4.26. The van der Waals surface area contributed by atoms with Gasteiger partial charge in [-0.25, -0.2) is 13.2 Å². The van der Waals surface area contributed by atoms with Crippen LogP contribution < -0.4 is 5.32 Å². The number of hydrogen-bond acceptors (Lipinski definition) is 6. The summed E-state index contributed by atoms with van der Waals surface area (Å²) in [5, 5.41) is 20.4. The highest BCUT2D eigenvalue weighted by Gasteiger charge is 2.26. The maximum atomic E-state index is 13.6. The van der Waals surface area contributed by atoms with E-state index in [0.717, 1.165) is 24.3 Å². The van der Waals surface area contributed by atoms with Gasteiger partial charge in [0, 0.05) is 18.7 Å². The van der Waals surface area contributed by atoms with Gasteiger partial charge in [0.15, 0.2) is 11.6 Å². The summed E-state index contributed by atoms with van der Waals surface area (Å²) >= 11 is 1.14. The smallest absolute Gasteiger partial charge is 0.307 e. The number of likely N-dealkylation sites (tertiary alicyclic amines) is 1. The molecule has 134 valence electrons. The molecule has 1 fully saturated rings. The molecule has 6 nitrogen and oxygen atoms in total. The standard InChI is InChI=1S/C15H15F3N4O2S/c16-9-4-11(18)12(5-10(9)17)19-15-21-20-13(25-15)7-22-3-1-2-8(6-22)14(23)24/h4-5,8H,1-3,6-7H2,(H,19,21)(H,23,24). The first-order chi connectivity index (χ1) is 11.9. The van der Waals surface area contributed by atoms with Gasteiger partial charge in [-0.3, -0.25) is 9.69 Å². The lowest BCUT2D eigenvalue weighted by Crippen LogP contribution is -2.38. The van der Waals surface area contributed by atoms with E-state index < -0.39 is 29.3 Å². The predicted molar refractivity (Wildman–Crippen MR) is 85.1 cm³/mol. The number of aromatic nitrogens is 2. The number of rotatable bonds is 5. The average molecular weight is 372 g/mol. The van der Waals surface area contributed by atoms with Crippen LogP contribution in [0.5, 0.6) is 0 Å². The van der Waals surface area contributed by atoms with Gasteiger partial charge in [0.1, 0.15) is 10.8 Å². The Morgan fingerprint density at radius 3 is 2.80 bits per heavy atom. The topological polar surface area (TPSA) is 78.3 Å². The number of nitrogens with one attached hydrogen (secondary N) is 1. The maximum absolute atomic E-state index is 13.6. The monoisotopic (exact) mass is 372 g/mol. The highest BCUT2D eigenvalue weighted by Crippen LogP contribution is 2.26. The van der Waals surface area contributed by atoms with Crippen molar-refractivity contribution in [3.05, 3.63) is 34.6 Å². The normalized spacial score (nSPS) is 18.3. The van der Waals surface area contributed by atoms with Gasteiger partial charge in [-0.1, -0.05) is 11.3 Å². The van der Waals surface area contributed by atoms with Gasteiger partial charge in [0.25, 0.3) is 0 Å². The van der Waals surface area contributed by atoms with Crippen molar-refractivity contribution in [1.82, 2.24) is 15.1 Å². The quantitative estimate of drug-likeness (QED) is 0.786. The van der Waals surface area contributed by atoms with Crippen LogP contribution in [0.15, 0.2) is 12.1 Å². The second kappa shape index (κ2) is 7.36. The van der Waals surface area contributed by atoms with Gasteiger partial charge in [0.2, 0.25) is 5.13 Å². The lowest BCUT2D eigenvalue weighted by molar-refractivity contribution is -0.143. The zero-order chi connectivity index (χ0) is 18.0. The molecule has 1 aromatic heterocycles. The Hall–Kier alpha value is -2.20. The molecule has 0 radical (unpaired) electrons. The molecule has 0 aliphatic carbocycles. The highest BCUT2D eigenvalue weighted by molar-refractivity contribution is 7.15. The second-order valence-electron chi connectivity index (χ2n) is 5.78. The molecule has 3 rings (SSSR count). The van der Waals surface area contributed by atoms with Gasteiger partial charge in [0.05, 0.1) is 18.2 Å². The molecule has 10 heteroatoms. The minimum absolute atomic E-state index is 0.231. The number of anilines is 2. The van der Waals surface area contributed by atoms with Crippen molar-refractivity contribution in [2.45, 2.75) is 19.4 Å². The van der Waals surface area contributed by atoms with Gasteiger partial charge >= 0.3 is 5.97 Å². The largest absolute Gasteiger partial charge is 0.481 e. The highest BCUT2D eigenvalue weighted by atomic mass is 32.1. The Bertz CT molecular complexity index is 786. The van der Waals surface area contributed by atoms with Gasteiger partial charge < -0.3 is 10.4 Å². The summed E-state index contributed by atoms with van der Waals surface area (Å²) in [5.41, 5.74) is -0.231. The van der Waals surface area contributed by atoms with Gasteiger partial charge in [-0.2, -0.15) is 0 Å². The molecule has 1 atom stereocenters. The van der Waals surface area contributed by atoms with Crippen LogP contribution in [0.3, 0.4) is 0 Å². The third-order valence-corrected chi connectivity index (χ3v) is 4.76. The van der Waals surface area contributed by atoms with E-state index in [0.29, 0.717) is 36.7 Å². The number of benzene rings is 1. The van der Waals surface area contributed by atoms with Crippen LogP contribution in [0.25, 0.3) is 0 Å². The summed E-state index contributed by atoms with van der Waals surface area (Å²) in [6.45, 7) is 1.64. The Kier molecular flexibility index (Phi) is 5.19. The van der Waals surface area contributed by atoms with Crippen LogP contribution in [0.4, 0.5) is 24.0 Å². The van der Waals surface area contributed by atoms with E-state index in [-0.39, 0.29) is 10.8 Å². The molecule has 0 spiro atoms. The van der Waals surface area contributed by atoms with Crippen molar-refractivity contribution in [3.8, 4) is 0 Å². The van der Waals surface area contributed by atoms with Crippen LogP contribution >= 0.6 is 11.3 Å². The van der Waals surface area contributed by atoms with E-state index in [1.165, 1.54) is 0 Å². The van der Waals surface area contributed by atoms with Crippen LogP contribution in [0, 0.1) is 23.4 Å². The van der Waals surface area contributed by atoms with Gasteiger partial charge in [-0.05, 0) is 19.4 Å². The fourth-order valence-corrected chi connectivity index (χ4v) is 3.49. The first-order valence-corrected chi connectivity index (χ1v) is 8.43. The minimum atomic E-state index is -1.26. The van der Waals surface area contributed by atoms with Crippen LogP contribution in [-0.2, 0) is 11.3 Å². The van der Waals surface area contributed by atoms with Crippen molar-refractivity contribution in [1.29, 1.82) is 0 Å². The molecule has 2 aromatic rings. The summed E-state index contributed by atoms with van der Waals surface area (Å²) in [7, 11) is 0. The molecule has 1 unspecified atom stereocenters. The number of halogens is 3. The summed E-state index contributed by atoms with van der Waals surface area (Å²) in [5.74, 6) is -4.56. The number of nitrogens with zero attached hydrogens (tertiary/aromatic N) is 3. The summed E-state index contributed by atoms with van der Waals surface area (Å²) in [6.07, 6.45) is 1.45. The van der Waals surface area contributed by atoms with E-state index in [1.54, 1.807) is 0 Å². The zero-order valence-corrected chi connectivity index (χ0v) is 13.8. The van der Waals surface area contributed by atoms with Gasteiger partial charge in [-0.15, -0.1) is 10.2 Å². The summed E-state index contributed by atoms with van der Waals surface area (Å²) in [6, 6.07) is 1.17. The van der Waals surface area contributed by atoms with Crippen molar-refractivity contribution in [2.75, 3.05) is 18.4 Å². The van der Waals surface area contributed by atoms with Crippen molar-refractivity contribution in [3.63, 3.8) is 0 Å². The van der Waals surface area contributed by atoms with Crippen molar-refractivity contribution < 1.29 is 23.1 Å². The predicted octanol–water partition coefficient (Wildman–Crippen LogP) is 3.00. The molecule has 1 aromatic carbocycles. The molecule has 25 heavy (non-hydrogen) atoms. The molecule has 0 bridgehead atoms. The fraction of sp³-hybridized carbons (Fsp3) is 0.400. The van der Waals surface area contributed by atoms with E-state index in [9.17, 15) is 18.0 Å². The lowest BCUT2D eigenvalue weighted by atomic mass is 9.98. The Balaban J connectivity index is 1.65. The van der Waals surface area contributed by atoms with Crippen molar-refractivity contribution >= 4 is 28.1 Å². The first kappa shape index (κ1) is 17.6. The zero-order valence-electron chi connectivity index (χ0n) is 13.0. The molecular weight excluding hydrogens is 357 g/mol. The number of hydrogen-bond donors (Lipinski definition) is 2. The van der Waals surface area contributed by atoms with Crippen LogP contribution in [0.2, 0.25) is 0 Å². The van der Waals surface area contributed by atoms with Crippen molar-refractivity contribution in [2.24, 2.45) is 5.92 Å². The van der Waals surface area contributed by atoms with E-state index in [2.05, 4.69) is 15.5 Å². The molecule has 1 aliphatic heterocycles. The molecule has 0 saturated carbocycles. The first-order valence-electron chi connectivity index (χ1n) is 7.61. The summed E-state index contributed by atoms with van der Waals surface area (Å²) in [4.78, 5) is 13.1. The van der Waals surface area contributed by atoms with E-state index >= 15 is 0 Å². The lowest BCUT2D eigenvalue weighted by Gasteiger charge is -2.29. The Labute approximate surface area is 145 Å². The SMILES string of the molecule is O=C(O)C1CCCN(Cc2nnc(Nc3cc(F)c(F)cc3F)s2)C1. The summed E-state index contributed by atoms with van der Waals surface area (Å²) < 4.78 is 39.8. The average Bonchev–Trinajstić information content (AvgIpc) is 3.00. The van der Waals surface area contributed by atoms with E-state index in [1.807, 2.05) is 4.90 Å². The molecule has 0 amide bonds. The molecule has 2 heterocycles. The van der Waals surface area contributed by atoms with Crippen LogP contribution in [-0.4, -0.2) is 39.3 Å².